The van der Waals surface area contributed by atoms with Crippen LogP contribution in [-0.2, 0) is 29.3 Å². The lowest BCUT2D eigenvalue weighted by Gasteiger charge is -2.20. The average molecular weight is 380 g/mol. The summed E-state index contributed by atoms with van der Waals surface area (Å²) in [6, 6.07) is 6.98. The van der Waals surface area contributed by atoms with Gasteiger partial charge in [0.2, 0.25) is 15.3 Å². The third-order valence-corrected chi connectivity index (χ3v) is 5.94. The number of aryl methyl sites for hydroxylation is 1. The van der Waals surface area contributed by atoms with E-state index >= 15 is 0 Å². The Morgan fingerprint density at radius 2 is 1.96 bits per heavy atom. The highest BCUT2D eigenvalue weighted by Crippen LogP contribution is 2.26. The fraction of sp³-hybridized carbons (Fsp3) is 0.444. The van der Waals surface area contributed by atoms with Gasteiger partial charge in [-0.15, -0.1) is 0 Å². The number of nitrogens with zero attached hydrogens (tertiary/aromatic N) is 2. The number of fused-ring (bicyclic) bond motifs is 1. The summed E-state index contributed by atoms with van der Waals surface area (Å²) in [6.07, 6.45) is 3.48. The Kier molecular flexibility index (Phi) is 4.88. The van der Waals surface area contributed by atoms with Crippen LogP contribution >= 0.6 is 11.6 Å². The number of benzene rings is 1. The summed E-state index contributed by atoms with van der Waals surface area (Å²) in [5.74, 6) is 0. The maximum Gasteiger partial charge on any atom is 0.241 e. The molecule has 0 atom stereocenters. The van der Waals surface area contributed by atoms with Crippen molar-refractivity contribution < 1.29 is 8.42 Å². The minimum absolute atomic E-state index is 0.258. The van der Waals surface area contributed by atoms with E-state index in [2.05, 4.69) is 14.7 Å². The number of hydrogen-bond acceptors (Lipinski definition) is 4. The minimum atomic E-state index is -3.56. The smallest absolute Gasteiger partial charge is 0.223 e. The van der Waals surface area contributed by atoms with E-state index in [1.54, 1.807) is 18.2 Å². The van der Waals surface area contributed by atoms with Gasteiger partial charge in [-0.3, -0.25) is 0 Å². The molecule has 25 heavy (non-hydrogen) atoms. The van der Waals surface area contributed by atoms with Crippen molar-refractivity contribution in [1.82, 2.24) is 14.7 Å². The monoisotopic (exact) mass is 379 g/mol. The average Bonchev–Trinajstić information content (AvgIpc) is 2.93. The van der Waals surface area contributed by atoms with Gasteiger partial charge in [-0.05, 0) is 74.9 Å². The van der Waals surface area contributed by atoms with Crippen LogP contribution in [0.4, 0.5) is 0 Å². The molecule has 0 radical (unpaired) electrons. The molecule has 1 aliphatic rings. The molecule has 0 fully saturated rings. The zero-order valence-corrected chi connectivity index (χ0v) is 16.2. The van der Waals surface area contributed by atoms with E-state index in [1.807, 2.05) is 26.8 Å². The van der Waals surface area contributed by atoms with Crippen LogP contribution in [0.1, 0.15) is 49.7 Å². The Morgan fingerprint density at radius 1 is 1.20 bits per heavy atom. The summed E-state index contributed by atoms with van der Waals surface area (Å²) in [4.78, 5) is 8.94. The standard InChI is InChI=1S/C18H22ClN3O2S/c1-18(2,3)22-25(23,24)13-7-4-6-12(10-13)11-16-14-8-5-9-15(14)20-17(19)21-16/h4,6-7,10,22H,5,8-9,11H2,1-3H3. The molecule has 0 unspecified atom stereocenters. The molecule has 5 nitrogen and oxygen atoms in total. The summed E-state index contributed by atoms with van der Waals surface area (Å²) < 4.78 is 27.8. The number of aromatic nitrogens is 2. The number of hydrogen-bond donors (Lipinski definition) is 1. The topological polar surface area (TPSA) is 72.0 Å². The van der Waals surface area contributed by atoms with Gasteiger partial charge in [-0.1, -0.05) is 12.1 Å². The number of nitrogens with one attached hydrogen (secondary N) is 1. The van der Waals surface area contributed by atoms with Crippen molar-refractivity contribution in [3.05, 3.63) is 52.1 Å². The SMILES string of the molecule is CC(C)(C)NS(=O)(=O)c1cccc(Cc2nc(Cl)nc3c2CCC3)c1. The van der Waals surface area contributed by atoms with Gasteiger partial charge in [0.05, 0.1) is 10.6 Å². The Labute approximate surface area is 153 Å². The molecule has 1 aromatic heterocycles. The predicted molar refractivity (Wildman–Crippen MR) is 98.4 cm³/mol. The summed E-state index contributed by atoms with van der Waals surface area (Å²) in [5, 5.41) is 0.258. The number of rotatable bonds is 4. The van der Waals surface area contributed by atoms with Crippen molar-refractivity contribution in [3.63, 3.8) is 0 Å². The highest BCUT2D eigenvalue weighted by molar-refractivity contribution is 7.89. The molecule has 0 spiro atoms. The molecule has 0 amide bonds. The molecule has 1 aliphatic carbocycles. The van der Waals surface area contributed by atoms with Gasteiger partial charge >= 0.3 is 0 Å². The molecule has 3 rings (SSSR count). The van der Waals surface area contributed by atoms with Crippen molar-refractivity contribution in [2.75, 3.05) is 0 Å². The predicted octanol–water partition coefficient (Wildman–Crippen LogP) is 3.29. The fourth-order valence-corrected chi connectivity index (χ4v) is 4.79. The zero-order chi connectivity index (χ0) is 18.2. The van der Waals surface area contributed by atoms with E-state index in [4.69, 9.17) is 11.6 Å². The molecular formula is C18H22ClN3O2S. The Hall–Kier alpha value is -1.50. The van der Waals surface area contributed by atoms with Crippen LogP contribution in [-0.4, -0.2) is 23.9 Å². The van der Waals surface area contributed by atoms with Crippen molar-refractivity contribution in [1.29, 1.82) is 0 Å². The van der Waals surface area contributed by atoms with E-state index in [1.165, 1.54) is 0 Å². The van der Waals surface area contributed by atoms with Crippen molar-refractivity contribution in [2.24, 2.45) is 0 Å². The summed E-state index contributed by atoms with van der Waals surface area (Å²) >= 11 is 6.04. The van der Waals surface area contributed by atoms with E-state index in [9.17, 15) is 8.42 Å². The van der Waals surface area contributed by atoms with Gasteiger partial charge in [-0.2, -0.15) is 0 Å². The van der Waals surface area contributed by atoms with Gasteiger partial charge in [0.25, 0.3) is 0 Å². The highest BCUT2D eigenvalue weighted by Gasteiger charge is 2.23. The van der Waals surface area contributed by atoms with E-state index in [0.29, 0.717) is 6.42 Å². The number of sulfonamides is 1. The van der Waals surface area contributed by atoms with Crippen LogP contribution in [0.3, 0.4) is 0 Å². The molecule has 1 N–H and O–H groups in total. The molecule has 1 heterocycles. The lowest BCUT2D eigenvalue weighted by molar-refractivity contribution is 0.491. The maximum atomic E-state index is 12.5. The van der Waals surface area contributed by atoms with E-state index < -0.39 is 15.6 Å². The molecule has 0 saturated carbocycles. The molecular weight excluding hydrogens is 358 g/mol. The van der Waals surface area contributed by atoms with Gasteiger partial charge in [0, 0.05) is 17.7 Å². The normalized spacial score (nSPS) is 14.6. The van der Waals surface area contributed by atoms with Crippen LogP contribution in [0.5, 0.6) is 0 Å². The second kappa shape index (κ2) is 6.67. The highest BCUT2D eigenvalue weighted by atomic mass is 35.5. The molecule has 2 aromatic rings. The lowest BCUT2D eigenvalue weighted by Crippen LogP contribution is -2.40. The zero-order valence-electron chi connectivity index (χ0n) is 14.6. The van der Waals surface area contributed by atoms with Crippen LogP contribution in [0, 0.1) is 0 Å². The Balaban J connectivity index is 1.91. The number of halogens is 1. The van der Waals surface area contributed by atoms with Gasteiger partial charge in [-0.25, -0.2) is 23.1 Å². The van der Waals surface area contributed by atoms with Crippen molar-refractivity contribution in [3.8, 4) is 0 Å². The van der Waals surface area contributed by atoms with Crippen LogP contribution < -0.4 is 4.72 Å². The second-order valence-electron chi connectivity index (χ2n) is 7.40. The van der Waals surface area contributed by atoms with Crippen LogP contribution in [0.2, 0.25) is 5.28 Å². The Morgan fingerprint density at radius 3 is 2.68 bits per heavy atom. The minimum Gasteiger partial charge on any atom is -0.223 e. The maximum absolute atomic E-state index is 12.5. The van der Waals surface area contributed by atoms with Crippen molar-refractivity contribution >= 4 is 21.6 Å². The first-order chi connectivity index (χ1) is 11.6. The third-order valence-electron chi connectivity index (χ3n) is 4.01. The van der Waals surface area contributed by atoms with Gasteiger partial charge in [0.1, 0.15) is 0 Å². The largest absolute Gasteiger partial charge is 0.241 e. The fourth-order valence-electron chi connectivity index (χ4n) is 3.10. The first kappa shape index (κ1) is 18.3. The third kappa shape index (κ3) is 4.37. The Bertz CT molecular complexity index is 905. The van der Waals surface area contributed by atoms with Gasteiger partial charge in [0.15, 0.2) is 0 Å². The summed E-state index contributed by atoms with van der Waals surface area (Å²) in [5.41, 5.74) is 3.43. The first-order valence-corrected chi connectivity index (χ1v) is 10.2. The molecule has 1 aromatic carbocycles. The quantitative estimate of drug-likeness (QED) is 0.827. The molecule has 0 saturated heterocycles. The molecule has 0 bridgehead atoms. The van der Waals surface area contributed by atoms with Crippen LogP contribution in [0.15, 0.2) is 29.2 Å². The second-order valence-corrected chi connectivity index (χ2v) is 9.42. The molecule has 7 heteroatoms. The van der Waals surface area contributed by atoms with Crippen LogP contribution in [0.25, 0.3) is 0 Å². The van der Waals surface area contributed by atoms with E-state index in [0.717, 1.165) is 41.8 Å². The summed E-state index contributed by atoms with van der Waals surface area (Å²) in [6.45, 7) is 5.46. The first-order valence-electron chi connectivity index (χ1n) is 8.31. The van der Waals surface area contributed by atoms with Crippen molar-refractivity contribution in [2.45, 2.75) is 56.9 Å². The molecule has 0 aliphatic heterocycles. The van der Waals surface area contributed by atoms with Gasteiger partial charge < -0.3 is 0 Å². The lowest BCUT2D eigenvalue weighted by atomic mass is 10.0. The summed E-state index contributed by atoms with van der Waals surface area (Å²) in [7, 11) is -3.56. The van der Waals surface area contributed by atoms with E-state index in [-0.39, 0.29) is 10.2 Å². The molecule has 134 valence electrons.